The van der Waals surface area contributed by atoms with Crippen LogP contribution >= 0.6 is 0 Å². The minimum absolute atomic E-state index is 0.0279. The van der Waals surface area contributed by atoms with Gasteiger partial charge in [-0.3, -0.25) is 4.79 Å². The van der Waals surface area contributed by atoms with E-state index in [4.69, 9.17) is 0 Å². The molecule has 0 aromatic rings. The first-order valence-electron chi connectivity index (χ1n) is 5.77. The van der Waals surface area contributed by atoms with E-state index in [0.717, 1.165) is 19.3 Å². The number of hydrogen-bond acceptors (Lipinski definition) is 2. The van der Waals surface area contributed by atoms with Gasteiger partial charge in [0, 0.05) is 6.42 Å². The molecule has 1 atom stereocenters. The molecule has 0 radical (unpaired) electrons. The van der Waals surface area contributed by atoms with Crippen molar-refractivity contribution in [2.24, 2.45) is 5.41 Å². The zero-order valence-electron chi connectivity index (χ0n) is 11.0. The molecule has 0 aliphatic carbocycles. The summed E-state index contributed by atoms with van der Waals surface area (Å²) in [4.78, 5) is 11.1. The van der Waals surface area contributed by atoms with E-state index in [0.29, 0.717) is 6.42 Å². The summed E-state index contributed by atoms with van der Waals surface area (Å²) < 4.78 is 4.65. The number of rotatable bonds is 7. The van der Waals surface area contributed by atoms with Crippen LogP contribution in [-0.2, 0) is 9.53 Å². The fourth-order valence-electron chi connectivity index (χ4n) is 1.51. The second-order valence-electron chi connectivity index (χ2n) is 4.75. The van der Waals surface area contributed by atoms with Gasteiger partial charge in [0.2, 0.25) is 0 Å². The molecule has 0 aromatic heterocycles. The van der Waals surface area contributed by atoms with E-state index < -0.39 is 0 Å². The highest BCUT2D eigenvalue weighted by molar-refractivity contribution is 5.69. The molecule has 0 aliphatic heterocycles. The van der Waals surface area contributed by atoms with Crippen LogP contribution in [0.4, 0.5) is 0 Å². The quantitative estimate of drug-likeness (QED) is 0.484. The van der Waals surface area contributed by atoms with Crippen LogP contribution in [0.15, 0.2) is 24.3 Å². The van der Waals surface area contributed by atoms with Crippen LogP contribution in [-0.4, -0.2) is 13.1 Å². The zero-order valence-corrected chi connectivity index (χ0v) is 11.0. The van der Waals surface area contributed by atoms with Crippen molar-refractivity contribution in [3.05, 3.63) is 24.3 Å². The van der Waals surface area contributed by atoms with Gasteiger partial charge in [0.25, 0.3) is 0 Å². The largest absolute Gasteiger partial charge is 0.469 e. The molecule has 0 saturated carbocycles. The third-order valence-electron chi connectivity index (χ3n) is 2.89. The Bertz CT molecular complexity index is 262. The molecule has 0 heterocycles. The van der Waals surface area contributed by atoms with Crippen LogP contribution in [0.5, 0.6) is 0 Å². The Morgan fingerprint density at radius 2 is 2.00 bits per heavy atom. The van der Waals surface area contributed by atoms with Gasteiger partial charge >= 0.3 is 5.97 Å². The van der Waals surface area contributed by atoms with Crippen molar-refractivity contribution >= 4 is 5.97 Å². The van der Waals surface area contributed by atoms with Gasteiger partial charge in [0.05, 0.1) is 7.11 Å². The van der Waals surface area contributed by atoms with E-state index in [9.17, 15) is 4.79 Å². The number of ether oxygens (including phenoxy) is 1. The van der Waals surface area contributed by atoms with E-state index in [1.54, 1.807) is 0 Å². The molecule has 1 unspecified atom stereocenters. The lowest BCUT2D eigenvalue weighted by Gasteiger charge is -2.24. The van der Waals surface area contributed by atoms with Gasteiger partial charge in [0.15, 0.2) is 0 Å². The molecule has 0 aromatic carbocycles. The van der Waals surface area contributed by atoms with E-state index in [1.807, 2.05) is 6.08 Å². The van der Waals surface area contributed by atoms with Crippen molar-refractivity contribution < 1.29 is 9.53 Å². The minimum Gasteiger partial charge on any atom is -0.469 e. The standard InChI is InChI=1S/C14H24O2/c1-6-14(4,10-7-8-12(2)3)11-9-13(15)16-5/h6,8H,1,7,9-11H2,2-5H3. The molecule has 2 heteroatoms. The molecule has 0 N–H and O–H groups in total. The summed E-state index contributed by atoms with van der Waals surface area (Å²) in [5.41, 5.74) is 1.36. The molecule has 0 fully saturated rings. The van der Waals surface area contributed by atoms with Crippen LogP contribution in [0, 0.1) is 5.41 Å². The normalized spacial score (nSPS) is 13.8. The third kappa shape index (κ3) is 6.44. The lowest BCUT2D eigenvalue weighted by molar-refractivity contribution is -0.141. The first-order chi connectivity index (χ1) is 7.43. The predicted molar refractivity (Wildman–Crippen MR) is 68.2 cm³/mol. The summed E-state index contributed by atoms with van der Waals surface area (Å²) in [5, 5.41) is 0. The number of carbonyl (C=O) groups is 1. The highest BCUT2D eigenvalue weighted by atomic mass is 16.5. The molecular weight excluding hydrogens is 200 g/mol. The number of carbonyl (C=O) groups excluding carboxylic acids is 1. The molecule has 0 saturated heterocycles. The molecule has 92 valence electrons. The van der Waals surface area contributed by atoms with E-state index in [1.165, 1.54) is 12.7 Å². The monoisotopic (exact) mass is 224 g/mol. The van der Waals surface area contributed by atoms with Crippen LogP contribution in [0.2, 0.25) is 0 Å². The van der Waals surface area contributed by atoms with Crippen LogP contribution in [0.3, 0.4) is 0 Å². The summed E-state index contributed by atoms with van der Waals surface area (Å²) in [6.45, 7) is 10.2. The Hall–Kier alpha value is -1.05. The van der Waals surface area contributed by atoms with Gasteiger partial charge in [-0.1, -0.05) is 24.6 Å². The lowest BCUT2D eigenvalue weighted by atomic mass is 9.81. The maximum absolute atomic E-state index is 11.1. The van der Waals surface area contributed by atoms with Gasteiger partial charge in [-0.25, -0.2) is 0 Å². The van der Waals surface area contributed by atoms with Crippen LogP contribution in [0.1, 0.15) is 46.5 Å². The first kappa shape index (κ1) is 14.9. The van der Waals surface area contributed by atoms with Crippen molar-refractivity contribution in [3.63, 3.8) is 0 Å². The van der Waals surface area contributed by atoms with Crippen LogP contribution < -0.4 is 0 Å². The Balaban J connectivity index is 4.15. The fraction of sp³-hybridized carbons (Fsp3) is 0.643. The maximum Gasteiger partial charge on any atom is 0.305 e. The summed E-state index contributed by atoms with van der Waals surface area (Å²) in [5.74, 6) is -0.143. The SMILES string of the molecule is C=CC(C)(CCC=C(C)C)CCC(=O)OC. The van der Waals surface area contributed by atoms with Gasteiger partial charge in [0.1, 0.15) is 0 Å². The van der Waals surface area contributed by atoms with Gasteiger partial charge in [-0.15, -0.1) is 6.58 Å². The topological polar surface area (TPSA) is 26.3 Å². The second-order valence-corrected chi connectivity index (χ2v) is 4.75. The molecule has 0 amide bonds. The third-order valence-corrected chi connectivity index (χ3v) is 2.89. The van der Waals surface area contributed by atoms with Gasteiger partial charge < -0.3 is 4.74 Å². The van der Waals surface area contributed by atoms with Crippen molar-refractivity contribution in [2.45, 2.75) is 46.5 Å². The molecule has 16 heavy (non-hydrogen) atoms. The number of hydrogen-bond donors (Lipinski definition) is 0. The van der Waals surface area contributed by atoms with E-state index >= 15 is 0 Å². The molecule has 0 spiro atoms. The Kier molecular flexibility index (Phi) is 6.78. The summed E-state index contributed by atoms with van der Waals surface area (Å²) in [6.07, 6.45) is 7.51. The molecule has 2 nitrogen and oxygen atoms in total. The lowest BCUT2D eigenvalue weighted by Crippen LogP contribution is -2.15. The average molecular weight is 224 g/mol. The van der Waals surface area contributed by atoms with Crippen molar-refractivity contribution in [3.8, 4) is 0 Å². The second kappa shape index (κ2) is 7.26. The Morgan fingerprint density at radius 3 is 2.44 bits per heavy atom. The smallest absolute Gasteiger partial charge is 0.305 e. The number of methoxy groups -OCH3 is 1. The summed E-state index contributed by atoms with van der Waals surface area (Å²) in [7, 11) is 1.43. The highest BCUT2D eigenvalue weighted by Gasteiger charge is 2.20. The number of esters is 1. The number of allylic oxidation sites excluding steroid dienone is 3. The predicted octanol–water partition coefficient (Wildman–Crippen LogP) is 3.88. The first-order valence-corrected chi connectivity index (χ1v) is 5.77. The maximum atomic E-state index is 11.1. The molecular formula is C14H24O2. The fourth-order valence-corrected chi connectivity index (χ4v) is 1.51. The van der Waals surface area contributed by atoms with Gasteiger partial charge in [-0.2, -0.15) is 0 Å². The van der Waals surface area contributed by atoms with Gasteiger partial charge in [-0.05, 0) is 38.5 Å². The van der Waals surface area contributed by atoms with Crippen LogP contribution in [0.25, 0.3) is 0 Å². The highest BCUT2D eigenvalue weighted by Crippen LogP contribution is 2.30. The Morgan fingerprint density at radius 1 is 1.38 bits per heavy atom. The van der Waals surface area contributed by atoms with E-state index in [2.05, 4.69) is 38.2 Å². The van der Waals surface area contributed by atoms with E-state index in [-0.39, 0.29) is 11.4 Å². The van der Waals surface area contributed by atoms with Crippen molar-refractivity contribution in [1.29, 1.82) is 0 Å². The van der Waals surface area contributed by atoms with Crippen molar-refractivity contribution in [2.75, 3.05) is 7.11 Å². The zero-order chi connectivity index (χ0) is 12.6. The molecule has 0 bridgehead atoms. The summed E-state index contributed by atoms with van der Waals surface area (Å²) in [6, 6.07) is 0. The average Bonchev–Trinajstić information content (AvgIpc) is 2.25. The minimum atomic E-state index is -0.143. The Labute approximate surface area is 99.4 Å². The molecule has 0 rings (SSSR count). The van der Waals surface area contributed by atoms with Crippen molar-refractivity contribution in [1.82, 2.24) is 0 Å². The summed E-state index contributed by atoms with van der Waals surface area (Å²) >= 11 is 0. The molecule has 0 aliphatic rings.